The number of nitrogens with one attached hydrogen (secondary N) is 1. The normalized spacial score (nSPS) is 15.8. The van der Waals surface area contributed by atoms with Crippen molar-refractivity contribution in [3.05, 3.63) is 18.0 Å². The Labute approximate surface area is 120 Å². The first kappa shape index (κ1) is 15.0. The quantitative estimate of drug-likeness (QED) is 0.806. The molecule has 20 heavy (non-hydrogen) atoms. The SMILES string of the molecule is CCCn1cc(CN(C)CC(=O)N2CCNCC2)cn1. The van der Waals surface area contributed by atoms with Crippen LogP contribution in [0.1, 0.15) is 18.9 Å². The van der Waals surface area contributed by atoms with Crippen LogP contribution >= 0.6 is 0 Å². The molecule has 112 valence electrons. The number of piperazine rings is 1. The van der Waals surface area contributed by atoms with E-state index in [1.165, 1.54) is 0 Å². The molecule has 1 aliphatic rings. The maximum absolute atomic E-state index is 12.1. The van der Waals surface area contributed by atoms with Gasteiger partial charge in [0.2, 0.25) is 5.91 Å². The first-order chi connectivity index (χ1) is 9.69. The third-order valence-electron chi connectivity index (χ3n) is 3.47. The van der Waals surface area contributed by atoms with Crippen molar-refractivity contribution >= 4 is 5.91 Å². The number of aryl methyl sites for hydroxylation is 1. The van der Waals surface area contributed by atoms with Gasteiger partial charge in [-0.05, 0) is 13.5 Å². The van der Waals surface area contributed by atoms with Gasteiger partial charge in [-0.3, -0.25) is 14.4 Å². The number of rotatable bonds is 6. The molecule has 1 amide bonds. The predicted octanol–water partition coefficient (Wildman–Crippen LogP) is 0.157. The zero-order chi connectivity index (χ0) is 14.4. The summed E-state index contributed by atoms with van der Waals surface area (Å²) in [5.74, 6) is 0.218. The average molecular weight is 279 g/mol. The van der Waals surface area contributed by atoms with Crippen LogP contribution in [0.4, 0.5) is 0 Å². The van der Waals surface area contributed by atoms with Gasteiger partial charge in [0.1, 0.15) is 0 Å². The van der Waals surface area contributed by atoms with E-state index < -0.39 is 0 Å². The van der Waals surface area contributed by atoms with Crippen LogP contribution in [0.15, 0.2) is 12.4 Å². The van der Waals surface area contributed by atoms with Crippen molar-refractivity contribution in [2.24, 2.45) is 0 Å². The van der Waals surface area contributed by atoms with Gasteiger partial charge in [-0.2, -0.15) is 5.10 Å². The maximum Gasteiger partial charge on any atom is 0.236 e. The van der Waals surface area contributed by atoms with Crippen LogP contribution in [-0.2, 0) is 17.9 Å². The van der Waals surface area contributed by atoms with Gasteiger partial charge < -0.3 is 10.2 Å². The summed E-state index contributed by atoms with van der Waals surface area (Å²) in [6, 6.07) is 0. The summed E-state index contributed by atoms with van der Waals surface area (Å²) in [7, 11) is 1.98. The Morgan fingerprint density at radius 2 is 2.20 bits per heavy atom. The Kier molecular flexibility index (Phi) is 5.55. The van der Waals surface area contributed by atoms with Crippen molar-refractivity contribution in [3.63, 3.8) is 0 Å². The minimum atomic E-state index is 0.218. The van der Waals surface area contributed by atoms with Crippen molar-refractivity contribution in [1.82, 2.24) is 24.9 Å². The van der Waals surface area contributed by atoms with Gasteiger partial charge in [-0.25, -0.2) is 0 Å². The fourth-order valence-electron chi connectivity index (χ4n) is 2.45. The molecular formula is C14H25N5O. The number of hydrogen-bond acceptors (Lipinski definition) is 4. The summed E-state index contributed by atoms with van der Waals surface area (Å²) >= 11 is 0. The van der Waals surface area contributed by atoms with E-state index in [1.807, 2.05) is 22.8 Å². The molecule has 2 heterocycles. The van der Waals surface area contributed by atoms with E-state index in [9.17, 15) is 4.79 Å². The lowest BCUT2D eigenvalue weighted by atomic mass is 10.3. The molecule has 0 aromatic carbocycles. The highest BCUT2D eigenvalue weighted by molar-refractivity contribution is 5.78. The Bertz CT molecular complexity index is 425. The first-order valence-electron chi connectivity index (χ1n) is 7.37. The van der Waals surface area contributed by atoms with E-state index in [0.29, 0.717) is 6.54 Å². The summed E-state index contributed by atoms with van der Waals surface area (Å²) in [6.07, 6.45) is 5.04. The Morgan fingerprint density at radius 3 is 2.90 bits per heavy atom. The molecule has 1 saturated heterocycles. The molecule has 2 rings (SSSR count). The summed E-state index contributed by atoms with van der Waals surface area (Å²) in [6.45, 7) is 7.77. The predicted molar refractivity (Wildman–Crippen MR) is 78.3 cm³/mol. The van der Waals surface area contributed by atoms with Crippen molar-refractivity contribution < 1.29 is 4.79 Å². The van der Waals surface area contributed by atoms with Crippen molar-refractivity contribution in [2.45, 2.75) is 26.4 Å². The number of amides is 1. The first-order valence-corrected chi connectivity index (χ1v) is 7.37. The third-order valence-corrected chi connectivity index (χ3v) is 3.47. The Hall–Kier alpha value is -1.40. The highest BCUT2D eigenvalue weighted by atomic mass is 16.2. The van der Waals surface area contributed by atoms with Crippen LogP contribution in [0.3, 0.4) is 0 Å². The molecule has 1 aliphatic heterocycles. The lowest BCUT2D eigenvalue weighted by Crippen LogP contribution is -2.49. The van der Waals surface area contributed by atoms with Gasteiger partial charge in [-0.1, -0.05) is 6.92 Å². The highest BCUT2D eigenvalue weighted by Crippen LogP contribution is 2.04. The molecule has 1 fully saturated rings. The van der Waals surface area contributed by atoms with E-state index in [4.69, 9.17) is 0 Å². The zero-order valence-corrected chi connectivity index (χ0v) is 12.5. The molecule has 6 heteroatoms. The third kappa shape index (κ3) is 4.31. The Balaban J connectivity index is 1.78. The molecule has 0 unspecified atom stereocenters. The van der Waals surface area contributed by atoms with E-state index in [0.717, 1.165) is 51.3 Å². The van der Waals surface area contributed by atoms with E-state index >= 15 is 0 Å². The molecule has 1 aromatic heterocycles. The van der Waals surface area contributed by atoms with Gasteiger partial charge in [0.25, 0.3) is 0 Å². The van der Waals surface area contributed by atoms with Crippen molar-refractivity contribution in [2.75, 3.05) is 39.8 Å². The molecule has 6 nitrogen and oxygen atoms in total. The van der Waals surface area contributed by atoms with Crippen LogP contribution in [0.5, 0.6) is 0 Å². The highest BCUT2D eigenvalue weighted by Gasteiger charge is 2.17. The van der Waals surface area contributed by atoms with Crippen LogP contribution in [0.2, 0.25) is 0 Å². The number of carbonyl (C=O) groups is 1. The number of hydrogen-bond donors (Lipinski definition) is 1. The second-order valence-corrected chi connectivity index (χ2v) is 5.41. The second kappa shape index (κ2) is 7.40. The summed E-state index contributed by atoms with van der Waals surface area (Å²) in [5.41, 5.74) is 1.16. The molecule has 0 spiro atoms. The number of likely N-dealkylation sites (N-methyl/N-ethyl adjacent to an activating group) is 1. The van der Waals surface area contributed by atoms with Gasteiger partial charge in [0.05, 0.1) is 12.7 Å². The molecule has 0 aliphatic carbocycles. The minimum Gasteiger partial charge on any atom is -0.339 e. The maximum atomic E-state index is 12.1. The number of nitrogens with zero attached hydrogens (tertiary/aromatic N) is 4. The van der Waals surface area contributed by atoms with Crippen LogP contribution in [0, 0.1) is 0 Å². The monoisotopic (exact) mass is 279 g/mol. The second-order valence-electron chi connectivity index (χ2n) is 5.41. The van der Waals surface area contributed by atoms with Crippen LogP contribution < -0.4 is 5.32 Å². The van der Waals surface area contributed by atoms with Crippen LogP contribution in [0.25, 0.3) is 0 Å². The molecule has 0 bridgehead atoms. The molecule has 1 aromatic rings. The fraction of sp³-hybridized carbons (Fsp3) is 0.714. The molecule has 0 radical (unpaired) electrons. The van der Waals surface area contributed by atoms with Gasteiger partial charge >= 0.3 is 0 Å². The minimum absolute atomic E-state index is 0.218. The molecule has 0 atom stereocenters. The molecular weight excluding hydrogens is 254 g/mol. The topological polar surface area (TPSA) is 53.4 Å². The lowest BCUT2D eigenvalue weighted by Gasteiger charge is -2.29. The van der Waals surface area contributed by atoms with Gasteiger partial charge in [-0.15, -0.1) is 0 Å². The van der Waals surface area contributed by atoms with E-state index in [-0.39, 0.29) is 5.91 Å². The van der Waals surface area contributed by atoms with Crippen LogP contribution in [-0.4, -0.2) is 65.3 Å². The van der Waals surface area contributed by atoms with Crippen molar-refractivity contribution in [1.29, 1.82) is 0 Å². The summed E-state index contributed by atoms with van der Waals surface area (Å²) < 4.78 is 1.96. The number of aromatic nitrogens is 2. The van der Waals surface area contributed by atoms with E-state index in [2.05, 4.69) is 28.4 Å². The zero-order valence-electron chi connectivity index (χ0n) is 12.5. The average Bonchev–Trinajstić information content (AvgIpc) is 2.87. The van der Waals surface area contributed by atoms with Crippen molar-refractivity contribution in [3.8, 4) is 0 Å². The standard InChI is InChI=1S/C14H25N5O/c1-3-6-19-11-13(9-16-19)10-17(2)12-14(20)18-7-4-15-5-8-18/h9,11,15H,3-8,10,12H2,1-2H3. The van der Waals surface area contributed by atoms with Gasteiger partial charge in [0, 0.05) is 51.0 Å². The van der Waals surface area contributed by atoms with E-state index in [1.54, 1.807) is 0 Å². The largest absolute Gasteiger partial charge is 0.339 e. The number of carbonyl (C=O) groups excluding carboxylic acids is 1. The fourth-order valence-corrected chi connectivity index (χ4v) is 2.45. The van der Waals surface area contributed by atoms with Gasteiger partial charge in [0.15, 0.2) is 0 Å². The lowest BCUT2D eigenvalue weighted by molar-refractivity contribution is -0.132. The Morgan fingerprint density at radius 1 is 1.45 bits per heavy atom. The molecule has 0 saturated carbocycles. The summed E-state index contributed by atoms with van der Waals surface area (Å²) in [4.78, 5) is 16.1. The smallest absolute Gasteiger partial charge is 0.236 e. The molecule has 1 N–H and O–H groups in total. The summed E-state index contributed by atoms with van der Waals surface area (Å²) in [5, 5.41) is 7.57.